The van der Waals surface area contributed by atoms with E-state index in [0.29, 0.717) is 6.20 Å². The molecule has 0 radical (unpaired) electrons. The maximum atomic E-state index is 12.7. The number of carbonyl (C=O) groups excluding carboxylic acids is 1. The van der Waals surface area contributed by atoms with Gasteiger partial charge in [-0.25, -0.2) is 4.79 Å². The fourth-order valence-electron chi connectivity index (χ4n) is 1.34. The molecule has 1 heterocycles. The van der Waals surface area contributed by atoms with Crippen molar-refractivity contribution in [3.8, 4) is 0 Å². The van der Waals surface area contributed by atoms with E-state index in [1.807, 2.05) is 0 Å². The number of hydrogen-bond donors (Lipinski definition) is 0. The van der Waals surface area contributed by atoms with Crippen molar-refractivity contribution in [2.45, 2.75) is 19.3 Å². The van der Waals surface area contributed by atoms with Crippen molar-refractivity contribution in [1.29, 1.82) is 0 Å². The summed E-state index contributed by atoms with van der Waals surface area (Å²) in [6.07, 6.45) is -10.2. The molecule has 0 aliphatic carbocycles. The monoisotopic (exact) mass is 287 g/mol. The predicted molar refractivity (Wildman–Crippen MR) is 50.2 cm³/mol. The predicted octanol–water partition coefficient (Wildman–Crippen LogP) is 3.30. The molecule has 0 amide bonds. The molecule has 0 fully saturated rings. The quantitative estimate of drug-likeness (QED) is 0.619. The highest BCUT2D eigenvalue weighted by Crippen LogP contribution is 2.41. The average Bonchev–Trinajstić information content (AvgIpc) is 2.26. The van der Waals surface area contributed by atoms with Crippen LogP contribution >= 0.6 is 0 Å². The molecule has 3 nitrogen and oxygen atoms in total. The van der Waals surface area contributed by atoms with E-state index >= 15 is 0 Å². The zero-order valence-corrected chi connectivity index (χ0v) is 9.39. The Hall–Kier alpha value is -1.80. The number of ether oxygens (including phenoxy) is 1. The molecule has 0 aromatic carbocycles. The number of pyridine rings is 1. The summed E-state index contributed by atoms with van der Waals surface area (Å²) >= 11 is 0. The van der Waals surface area contributed by atoms with Crippen LogP contribution < -0.4 is 0 Å². The van der Waals surface area contributed by atoms with Crippen LogP contribution in [0.25, 0.3) is 0 Å². The summed E-state index contributed by atoms with van der Waals surface area (Å²) in [5, 5.41) is 0. The second kappa shape index (κ2) is 5.06. The summed E-state index contributed by atoms with van der Waals surface area (Å²) in [5.74, 6) is -1.51. The van der Waals surface area contributed by atoms with Crippen LogP contribution in [0.2, 0.25) is 0 Å². The van der Waals surface area contributed by atoms with E-state index in [4.69, 9.17) is 0 Å². The molecule has 0 aliphatic rings. The number of hydrogen-bond acceptors (Lipinski definition) is 3. The Bertz CT molecular complexity index is 480. The molecule has 9 heteroatoms. The lowest BCUT2D eigenvalue weighted by Crippen LogP contribution is -2.22. The number of carbonyl (C=O) groups is 1. The highest BCUT2D eigenvalue weighted by atomic mass is 19.4. The van der Waals surface area contributed by atoms with E-state index < -0.39 is 35.0 Å². The van der Waals surface area contributed by atoms with Crippen LogP contribution in [0.4, 0.5) is 26.3 Å². The SMILES string of the molecule is CCOC(=O)c1cncc(C(F)(F)F)c1C(F)(F)F. The van der Waals surface area contributed by atoms with Gasteiger partial charge in [0.1, 0.15) is 0 Å². The Labute approximate surface area is 103 Å². The van der Waals surface area contributed by atoms with Gasteiger partial charge >= 0.3 is 18.3 Å². The van der Waals surface area contributed by atoms with Crippen molar-refractivity contribution in [2.75, 3.05) is 6.61 Å². The van der Waals surface area contributed by atoms with Gasteiger partial charge in [0.2, 0.25) is 0 Å². The van der Waals surface area contributed by atoms with E-state index in [0.717, 1.165) is 0 Å². The van der Waals surface area contributed by atoms with Crippen LogP contribution in [-0.2, 0) is 17.1 Å². The van der Waals surface area contributed by atoms with Crippen LogP contribution in [0.3, 0.4) is 0 Å². The summed E-state index contributed by atoms with van der Waals surface area (Å²) in [6.45, 7) is 1.04. The maximum absolute atomic E-state index is 12.7. The second-order valence-corrected chi connectivity index (χ2v) is 3.33. The lowest BCUT2D eigenvalue weighted by molar-refractivity contribution is -0.162. The normalized spacial score (nSPS) is 12.4. The summed E-state index contributed by atoms with van der Waals surface area (Å²) in [5.41, 5.74) is -5.37. The van der Waals surface area contributed by atoms with Gasteiger partial charge in [-0.15, -0.1) is 0 Å². The molecule has 1 aromatic rings. The van der Waals surface area contributed by atoms with Crippen LogP contribution in [0.5, 0.6) is 0 Å². The highest BCUT2D eigenvalue weighted by Gasteiger charge is 2.46. The van der Waals surface area contributed by atoms with Crippen LogP contribution in [0.1, 0.15) is 28.4 Å². The van der Waals surface area contributed by atoms with E-state index in [1.54, 1.807) is 0 Å². The van der Waals surface area contributed by atoms with Gasteiger partial charge in [-0.2, -0.15) is 26.3 Å². The van der Waals surface area contributed by atoms with Crippen LogP contribution in [-0.4, -0.2) is 17.6 Å². The van der Waals surface area contributed by atoms with Gasteiger partial charge < -0.3 is 4.74 Å². The Morgan fingerprint density at radius 2 is 1.74 bits per heavy atom. The first-order valence-corrected chi connectivity index (χ1v) is 4.88. The van der Waals surface area contributed by atoms with Crippen LogP contribution in [0.15, 0.2) is 12.4 Å². The van der Waals surface area contributed by atoms with E-state index in [2.05, 4.69) is 9.72 Å². The summed E-state index contributed by atoms with van der Waals surface area (Å²) in [6, 6.07) is 0. The largest absolute Gasteiger partial charge is 0.462 e. The molecule has 0 aliphatic heterocycles. The molecule has 0 saturated carbocycles. The third-order valence-electron chi connectivity index (χ3n) is 2.03. The number of halogens is 6. The number of rotatable bonds is 2. The molecule has 1 aromatic heterocycles. The molecular weight excluding hydrogens is 280 g/mol. The van der Waals surface area contributed by atoms with E-state index in [9.17, 15) is 31.1 Å². The van der Waals surface area contributed by atoms with Crippen molar-refractivity contribution < 1.29 is 35.9 Å². The van der Waals surface area contributed by atoms with Gasteiger partial charge in [0.25, 0.3) is 0 Å². The summed E-state index contributed by atoms with van der Waals surface area (Å²) in [4.78, 5) is 14.3. The van der Waals surface area contributed by atoms with Gasteiger partial charge in [-0.05, 0) is 6.92 Å². The minimum Gasteiger partial charge on any atom is -0.462 e. The summed E-state index contributed by atoms with van der Waals surface area (Å²) in [7, 11) is 0. The fourth-order valence-corrected chi connectivity index (χ4v) is 1.34. The maximum Gasteiger partial charge on any atom is 0.418 e. The van der Waals surface area contributed by atoms with Crippen molar-refractivity contribution in [3.63, 3.8) is 0 Å². The van der Waals surface area contributed by atoms with Gasteiger partial charge in [-0.1, -0.05) is 0 Å². The van der Waals surface area contributed by atoms with Crippen molar-refractivity contribution in [2.24, 2.45) is 0 Å². The molecule has 19 heavy (non-hydrogen) atoms. The first-order chi connectivity index (χ1) is 8.59. The smallest absolute Gasteiger partial charge is 0.418 e. The van der Waals surface area contributed by atoms with E-state index in [1.165, 1.54) is 6.92 Å². The zero-order valence-electron chi connectivity index (χ0n) is 9.39. The van der Waals surface area contributed by atoms with Crippen LogP contribution in [0, 0.1) is 0 Å². The molecule has 0 unspecified atom stereocenters. The lowest BCUT2D eigenvalue weighted by Gasteiger charge is -2.17. The minimum absolute atomic E-state index is 0.0194. The topological polar surface area (TPSA) is 39.2 Å². The Morgan fingerprint density at radius 1 is 1.16 bits per heavy atom. The molecule has 106 valence electrons. The van der Waals surface area contributed by atoms with E-state index in [-0.39, 0.29) is 12.8 Å². The lowest BCUT2D eigenvalue weighted by atomic mass is 10.0. The number of nitrogens with zero attached hydrogens (tertiary/aromatic N) is 1. The second-order valence-electron chi connectivity index (χ2n) is 3.33. The van der Waals surface area contributed by atoms with Gasteiger partial charge in [-0.3, -0.25) is 4.98 Å². The standard InChI is InChI=1S/C10H7F6NO2/c1-2-19-8(18)5-3-17-4-6(9(11,12)13)7(5)10(14,15)16/h3-4H,2H2,1H3. The average molecular weight is 287 g/mol. The molecule has 0 spiro atoms. The van der Waals surface area contributed by atoms with Gasteiger partial charge in [0.05, 0.1) is 23.3 Å². The summed E-state index contributed by atoms with van der Waals surface area (Å²) < 4.78 is 79.9. The van der Waals surface area contributed by atoms with Crippen molar-refractivity contribution in [1.82, 2.24) is 4.98 Å². The Kier molecular flexibility index (Phi) is 4.06. The number of esters is 1. The van der Waals surface area contributed by atoms with Gasteiger partial charge in [0.15, 0.2) is 0 Å². The third-order valence-corrected chi connectivity index (χ3v) is 2.03. The molecule has 0 saturated heterocycles. The molecule has 0 N–H and O–H groups in total. The zero-order chi connectivity index (χ0) is 14.8. The Balaban J connectivity index is 3.53. The number of alkyl halides is 6. The van der Waals surface area contributed by atoms with Crippen molar-refractivity contribution >= 4 is 5.97 Å². The van der Waals surface area contributed by atoms with Gasteiger partial charge in [0, 0.05) is 12.4 Å². The molecule has 0 atom stereocenters. The number of aromatic nitrogens is 1. The molecule has 1 rings (SSSR count). The molecule has 0 bridgehead atoms. The third kappa shape index (κ3) is 3.36. The Morgan fingerprint density at radius 3 is 2.16 bits per heavy atom. The van der Waals surface area contributed by atoms with Crippen molar-refractivity contribution in [3.05, 3.63) is 29.1 Å². The first kappa shape index (κ1) is 15.3. The first-order valence-electron chi connectivity index (χ1n) is 4.88. The molecular formula is C10H7F6NO2. The fraction of sp³-hybridized carbons (Fsp3) is 0.400. The highest BCUT2D eigenvalue weighted by molar-refractivity contribution is 5.91. The minimum atomic E-state index is -5.35.